The van der Waals surface area contributed by atoms with E-state index in [0.717, 1.165) is 102 Å². The van der Waals surface area contributed by atoms with Crippen molar-refractivity contribution in [2.24, 2.45) is 11.8 Å². The molecule has 0 heterocycles. The van der Waals surface area contributed by atoms with Crippen LogP contribution in [0.4, 0.5) is 0 Å². The Labute approximate surface area is 556 Å². The van der Waals surface area contributed by atoms with Crippen molar-refractivity contribution < 1.29 is 80.2 Å². The van der Waals surface area contributed by atoms with E-state index in [1.54, 1.807) is 0 Å². The van der Waals surface area contributed by atoms with Crippen molar-refractivity contribution in [3.8, 4) is 0 Å². The maximum absolute atomic E-state index is 13.0. The van der Waals surface area contributed by atoms with Gasteiger partial charge in [-0.05, 0) is 37.5 Å². The number of aliphatic hydroxyl groups is 1. The molecule has 0 amide bonds. The molecule has 0 rings (SSSR count). The molecule has 0 radical (unpaired) electrons. The van der Waals surface area contributed by atoms with E-state index in [2.05, 4.69) is 41.5 Å². The first-order valence-corrected chi connectivity index (χ1v) is 40.5. The monoisotopic (exact) mass is 1340 g/mol. The minimum Gasteiger partial charge on any atom is -0.462 e. The van der Waals surface area contributed by atoms with Crippen LogP contribution in [0.2, 0.25) is 0 Å². The Kier molecular flexibility index (Phi) is 62.7. The molecular formula is C72H140O17P2. The SMILES string of the molecule is CCCCCCCCCCCCCCCCCCC(=O)O[C@H](COC(=O)CCCCCCCCCCCCC(C)C)COP(=O)(O)OC[C@@H](O)COP(=O)(O)OC[C@@H](COC(=O)CCCCCCCCCCCC)OC(=O)CCCCCCCCCCC(C)CC. The number of ether oxygens (including phenoxy) is 4. The Morgan fingerprint density at radius 1 is 0.319 bits per heavy atom. The summed E-state index contributed by atoms with van der Waals surface area (Å²) in [5.41, 5.74) is 0. The topological polar surface area (TPSA) is 237 Å². The standard InChI is InChI=1S/C72H140O17P2/c1-7-10-12-14-16-18-20-21-22-23-24-25-31-38-44-50-56-71(76)88-67(60-83-70(75)55-49-43-37-30-27-26-28-34-40-46-52-64(4)5)62-86-90(78,79)84-58-66(73)59-85-91(80,81)87-63-68(61-82-69(74)54-48-42-36-29-19-17-15-13-11-8-2)89-72(77)57-51-45-39-33-32-35-41-47-53-65(6)9-3/h64-68,73H,7-63H2,1-6H3,(H,78,79)(H,80,81)/t65?,66-,67-,68-/m1/s1. The van der Waals surface area contributed by atoms with Gasteiger partial charge in [0.2, 0.25) is 0 Å². The van der Waals surface area contributed by atoms with Crippen LogP contribution in [0.25, 0.3) is 0 Å². The number of phosphoric acid groups is 2. The zero-order valence-electron chi connectivity index (χ0n) is 59.1. The van der Waals surface area contributed by atoms with Crippen molar-refractivity contribution >= 4 is 39.5 Å². The second-order valence-electron chi connectivity index (χ2n) is 26.7. The van der Waals surface area contributed by atoms with Crippen LogP contribution < -0.4 is 0 Å². The van der Waals surface area contributed by atoms with E-state index < -0.39 is 97.5 Å². The molecule has 17 nitrogen and oxygen atoms in total. The van der Waals surface area contributed by atoms with Crippen molar-refractivity contribution in [2.45, 2.75) is 387 Å². The lowest BCUT2D eigenvalue weighted by atomic mass is 9.99. The number of phosphoric ester groups is 2. The first-order valence-electron chi connectivity index (χ1n) is 37.5. The van der Waals surface area contributed by atoms with Crippen molar-refractivity contribution in [1.29, 1.82) is 0 Å². The minimum absolute atomic E-state index is 0.105. The Bertz CT molecular complexity index is 1770. The molecule has 0 saturated heterocycles. The van der Waals surface area contributed by atoms with Crippen LogP contribution in [-0.4, -0.2) is 96.7 Å². The lowest BCUT2D eigenvalue weighted by molar-refractivity contribution is -0.161. The molecule has 0 aromatic carbocycles. The first-order chi connectivity index (χ1) is 43.9. The Balaban J connectivity index is 5.25. The molecule has 0 aliphatic rings. The van der Waals surface area contributed by atoms with Gasteiger partial charge in [0.25, 0.3) is 0 Å². The highest BCUT2D eigenvalue weighted by atomic mass is 31.2. The highest BCUT2D eigenvalue weighted by Gasteiger charge is 2.30. The lowest BCUT2D eigenvalue weighted by Crippen LogP contribution is -2.30. The summed E-state index contributed by atoms with van der Waals surface area (Å²) in [5.74, 6) is -0.593. The smallest absolute Gasteiger partial charge is 0.462 e. The number of rotatable bonds is 71. The van der Waals surface area contributed by atoms with Crippen LogP contribution in [0.5, 0.6) is 0 Å². The number of hydrogen-bond acceptors (Lipinski definition) is 15. The third-order valence-corrected chi connectivity index (χ3v) is 19.0. The van der Waals surface area contributed by atoms with E-state index >= 15 is 0 Å². The molecule has 3 N–H and O–H groups in total. The molecule has 19 heteroatoms. The number of unbranched alkanes of at least 4 members (excludes halogenated alkanes) is 40. The third-order valence-electron chi connectivity index (χ3n) is 17.1. The molecule has 0 saturated carbocycles. The maximum Gasteiger partial charge on any atom is 0.472 e. The number of hydrogen-bond donors (Lipinski definition) is 3. The molecule has 91 heavy (non-hydrogen) atoms. The van der Waals surface area contributed by atoms with E-state index in [1.807, 2.05) is 0 Å². The average Bonchev–Trinajstić information content (AvgIpc) is 2.70. The molecule has 3 unspecified atom stereocenters. The largest absolute Gasteiger partial charge is 0.472 e. The van der Waals surface area contributed by atoms with Gasteiger partial charge in [-0.3, -0.25) is 37.3 Å². The molecule has 0 aliphatic heterocycles. The number of aliphatic hydroxyl groups excluding tert-OH is 1. The molecular weight excluding hydrogens is 1200 g/mol. The molecule has 0 aromatic heterocycles. The summed E-state index contributed by atoms with van der Waals surface area (Å²) < 4.78 is 68.4. The van der Waals surface area contributed by atoms with Gasteiger partial charge in [0, 0.05) is 25.7 Å². The number of carbonyl (C=O) groups is 4. The summed E-state index contributed by atoms with van der Waals surface area (Å²) in [7, 11) is -9.90. The molecule has 0 aliphatic carbocycles. The highest BCUT2D eigenvalue weighted by Crippen LogP contribution is 2.45. The zero-order chi connectivity index (χ0) is 67.2. The predicted molar refractivity (Wildman–Crippen MR) is 368 cm³/mol. The Hall–Kier alpha value is -1.94. The number of carbonyl (C=O) groups excluding carboxylic acids is 4. The highest BCUT2D eigenvalue weighted by molar-refractivity contribution is 7.47. The molecule has 0 bridgehead atoms. The fraction of sp³-hybridized carbons (Fsp3) is 0.944. The van der Waals surface area contributed by atoms with Gasteiger partial charge >= 0.3 is 39.5 Å². The molecule has 540 valence electrons. The van der Waals surface area contributed by atoms with E-state index in [4.69, 9.17) is 37.0 Å². The number of esters is 4. The first kappa shape index (κ1) is 89.1. The van der Waals surface area contributed by atoms with Crippen molar-refractivity contribution in [3.05, 3.63) is 0 Å². The minimum atomic E-state index is -4.95. The van der Waals surface area contributed by atoms with Gasteiger partial charge in [-0.25, -0.2) is 9.13 Å². The van der Waals surface area contributed by atoms with Gasteiger partial charge in [0.1, 0.15) is 19.3 Å². The fourth-order valence-electron chi connectivity index (χ4n) is 10.9. The summed E-state index contributed by atoms with van der Waals surface area (Å²) >= 11 is 0. The normalized spacial score (nSPS) is 14.4. The van der Waals surface area contributed by atoms with Crippen LogP contribution in [0.1, 0.15) is 369 Å². The second kappa shape index (κ2) is 64.1. The van der Waals surface area contributed by atoms with Crippen LogP contribution >= 0.6 is 15.6 Å². The maximum atomic E-state index is 13.0. The van der Waals surface area contributed by atoms with Crippen LogP contribution in [0, 0.1) is 11.8 Å². The van der Waals surface area contributed by atoms with Crippen molar-refractivity contribution in [1.82, 2.24) is 0 Å². The van der Waals surface area contributed by atoms with E-state index in [9.17, 15) is 43.2 Å². The second-order valence-corrected chi connectivity index (χ2v) is 29.6. The van der Waals surface area contributed by atoms with Crippen LogP contribution in [0.15, 0.2) is 0 Å². The molecule has 0 fully saturated rings. The van der Waals surface area contributed by atoms with Gasteiger partial charge in [-0.2, -0.15) is 0 Å². The summed E-state index contributed by atoms with van der Waals surface area (Å²) in [5, 5.41) is 10.6. The van der Waals surface area contributed by atoms with Crippen LogP contribution in [-0.2, 0) is 65.4 Å². The summed E-state index contributed by atoms with van der Waals surface area (Å²) in [6, 6.07) is 0. The quantitative estimate of drug-likeness (QED) is 0.0222. The predicted octanol–water partition coefficient (Wildman–Crippen LogP) is 20.8. The van der Waals surface area contributed by atoms with Crippen molar-refractivity contribution in [2.75, 3.05) is 39.6 Å². The van der Waals surface area contributed by atoms with Crippen molar-refractivity contribution in [3.63, 3.8) is 0 Å². The van der Waals surface area contributed by atoms with E-state index in [-0.39, 0.29) is 25.7 Å². The van der Waals surface area contributed by atoms with Gasteiger partial charge in [-0.15, -0.1) is 0 Å². The lowest BCUT2D eigenvalue weighted by Gasteiger charge is -2.21. The Morgan fingerprint density at radius 2 is 0.560 bits per heavy atom. The molecule has 0 spiro atoms. The zero-order valence-corrected chi connectivity index (χ0v) is 60.9. The summed E-state index contributed by atoms with van der Waals surface area (Å²) in [4.78, 5) is 72.6. The van der Waals surface area contributed by atoms with E-state index in [1.165, 1.54) is 186 Å². The van der Waals surface area contributed by atoms with Gasteiger partial charge < -0.3 is 33.8 Å². The van der Waals surface area contributed by atoms with Crippen LogP contribution in [0.3, 0.4) is 0 Å². The van der Waals surface area contributed by atoms with Gasteiger partial charge in [0.15, 0.2) is 12.2 Å². The van der Waals surface area contributed by atoms with Gasteiger partial charge in [-0.1, -0.05) is 318 Å². The Morgan fingerprint density at radius 3 is 0.835 bits per heavy atom. The fourth-order valence-corrected chi connectivity index (χ4v) is 12.5. The molecule has 0 aromatic rings. The summed E-state index contributed by atoms with van der Waals surface area (Å²) in [6.07, 6.45) is 49.8. The average molecular weight is 1340 g/mol. The van der Waals surface area contributed by atoms with E-state index in [0.29, 0.717) is 25.7 Å². The molecule has 6 atom stereocenters. The third kappa shape index (κ3) is 65.1. The summed E-state index contributed by atoms with van der Waals surface area (Å²) in [6.45, 7) is 9.55. The van der Waals surface area contributed by atoms with Gasteiger partial charge in [0.05, 0.1) is 26.4 Å².